The number of ether oxygens (including phenoxy) is 1. The third-order valence-corrected chi connectivity index (χ3v) is 5.84. The molecule has 1 heterocycles. The van der Waals surface area contributed by atoms with Gasteiger partial charge >= 0.3 is 5.97 Å². The summed E-state index contributed by atoms with van der Waals surface area (Å²) < 4.78 is 5.28. The molecule has 6 nitrogen and oxygen atoms in total. The number of piperidine rings is 1. The van der Waals surface area contributed by atoms with Gasteiger partial charge in [0.2, 0.25) is 5.91 Å². The fourth-order valence-corrected chi connectivity index (χ4v) is 4.02. The minimum absolute atomic E-state index is 0.0107. The summed E-state index contributed by atoms with van der Waals surface area (Å²) in [6.07, 6.45) is 2.22. The van der Waals surface area contributed by atoms with Crippen molar-refractivity contribution in [2.24, 2.45) is 0 Å². The second-order valence-electron chi connectivity index (χ2n) is 7.05. The van der Waals surface area contributed by atoms with Gasteiger partial charge in [0.05, 0.1) is 11.5 Å². The summed E-state index contributed by atoms with van der Waals surface area (Å²) in [5.41, 5.74) is 0.640. The summed E-state index contributed by atoms with van der Waals surface area (Å²) in [6.45, 7) is 5.65. The van der Waals surface area contributed by atoms with Crippen molar-refractivity contribution in [3.8, 4) is 0 Å². The number of halogens is 1. The van der Waals surface area contributed by atoms with Gasteiger partial charge in [0, 0.05) is 22.8 Å². The van der Waals surface area contributed by atoms with Crippen molar-refractivity contribution in [2.75, 3.05) is 16.8 Å². The largest absolute Gasteiger partial charge is 0.452 e. The first-order valence-electron chi connectivity index (χ1n) is 9.42. The highest BCUT2D eigenvalue weighted by atomic mass is 35.5. The van der Waals surface area contributed by atoms with Crippen molar-refractivity contribution in [3.05, 3.63) is 29.3 Å². The predicted molar refractivity (Wildman–Crippen MR) is 113 cm³/mol. The second-order valence-corrected chi connectivity index (χ2v) is 8.48. The average molecular weight is 427 g/mol. The quantitative estimate of drug-likeness (QED) is 0.672. The third-order valence-electron chi connectivity index (χ3n) is 4.69. The third kappa shape index (κ3) is 6.71. The van der Waals surface area contributed by atoms with Crippen molar-refractivity contribution in [1.82, 2.24) is 4.90 Å². The SMILES string of the molecule is CC(OC(=O)CSCC(=O)Nc1ccc(Cl)cc1)C(=O)N1C(C)CCCC1C. The summed E-state index contributed by atoms with van der Waals surface area (Å²) in [4.78, 5) is 38.4. The molecule has 2 amide bonds. The fourth-order valence-electron chi connectivity index (χ4n) is 3.30. The Balaban J connectivity index is 1.71. The van der Waals surface area contributed by atoms with E-state index in [-0.39, 0.29) is 35.4 Å². The Kier molecular flexibility index (Phi) is 8.63. The lowest BCUT2D eigenvalue weighted by Gasteiger charge is -2.40. The summed E-state index contributed by atoms with van der Waals surface area (Å²) in [7, 11) is 0. The molecule has 0 spiro atoms. The summed E-state index contributed by atoms with van der Waals surface area (Å²) in [5.74, 6) is -0.752. The molecule has 28 heavy (non-hydrogen) atoms. The predicted octanol–water partition coefficient (Wildman–Crippen LogP) is 3.73. The monoisotopic (exact) mass is 426 g/mol. The van der Waals surface area contributed by atoms with Crippen LogP contribution < -0.4 is 5.32 Å². The molecular formula is C20H27ClN2O4S. The molecule has 1 saturated heterocycles. The van der Waals surface area contributed by atoms with Gasteiger partial charge in [-0.1, -0.05) is 11.6 Å². The van der Waals surface area contributed by atoms with Crippen LogP contribution in [0, 0.1) is 0 Å². The molecule has 0 saturated carbocycles. The number of esters is 1. The van der Waals surface area contributed by atoms with Gasteiger partial charge in [-0.15, -0.1) is 11.8 Å². The van der Waals surface area contributed by atoms with E-state index in [1.807, 2.05) is 18.7 Å². The highest BCUT2D eigenvalue weighted by Crippen LogP contribution is 2.23. The number of benzene rings is 1. The van der Waals surface area contributed by atoms with E-state index in [0.29, 0.717) is 10.7 Å². The zero-order valence-corrected chi connectivity index (χ0v) is 18.0. The molecular weight excluding hydrogens is 400 g/mol. The van der Waals surface area contributed by atoms with Crippen molar-refractivity contribution in [1.29, 1.82) is 0 Å². The van der Waals surface area contributed by atoms with Crippen LogP contribution in [0.4, 0.5) is 5.69 Å². The van der Waals surface area contributed by atoms with Crippen LogP contribution in [-0.2, 0) is 19.1 Å². The van der Waals surface area contributed by atoms with E-state index >= 15 is 0 Å². The first kappa shape index (κ1) is 22.6. The Bertz CT molecular complexity index is 688. The van der Waals surface area contributed by atoms with E-state index in [4.69, 9.17) is 16.3 Å². The zero-order valence-electron chi connectivity index (χ0n) is 16.4. The molecule has 0 aromatic heterocycles. The van der Waals surface area contributed by atoms with Crippen LogP contribution in [0.15, 0.2) is 24.3 Å². The number of anilines is 1. The number of thioether (sulfide) groups is 1. The van der Waals surface area contributed by atoms with Crippen LogP contribution in [0.25, 0.3) is 0 Å². The van der Waals surface area contributed by atoms with Crippen LogP contribution >= 0.6 is 23.4 Å². The molecule has 1 aliphatic rings. The molecule has 0 aliphatic carbocycles. The molecule has 3 unspecified atom stereocenters. The number of likely N-dealkylation sites (tertiary alicyclic amines) is 1. The van der Waals surface area contributed by atoms with E-state index in [1.54, 1.807) is 31.2 Å². The summed E-state index contributed by atoms with van der Waals surface area (Å²) in [6, 6.07) is 7.09. The number of nitrogens with zero attached hydrogens (tertiary/aromatic N) is 1. The highest BCUT2D eigenvalue weighted by molar-refractivity contribution is 8.00. The molecule has 1 aliphatic heterocycles. The Morgan fingerprint density at radius 1 is 1.18 bits per heavy atom. The molecule has 8 heteroatoms. The van der Waals surface area contributed by atoms with Crippen LogP contribution in [0.1, 0.15) is 40.0 Å². The normalized spacial score (nSPS) is 20.4. The number of rotatable bonds is 7. The topological polar surface area (TPSA) is 75.7 Å². The van der Waals surface area contributed by atoms with Gasteiger partial charge in [-0.2, -0.15) is 0 Å². The molecule has 2 rings (SSSR count). The Hall–Kier alpha value is -1.73. The zero-order chi connectivity index (χ0) is 20.7. The van der Waals surface area contributed by atoms with Gasteiger partial charge < -0.3 is 15.0 Å². The number of amides is 2. The van der Waals surface area contributed by atoms with E-state index in [0.717, 1.165) is 31.0 Å². The molecule has 1 aromatic carbocycles. The lowest BCUT2D eigenvalue weighted by Crippen LogP contribution is -2.51. The van der Waals surface area contributed by atoms with Crippen molar-refractivity contribution < 1.29 is 19.1 Å². The van der Waals surface area contributed by atoms with Gasteiger partial charge in [0.15, 0.2) is 6.10 Å². The van der Waals surface area contributed by atoms with Gasteiger partial charge in [-0.25, -0.2) is 0 Å². The van der Waals surface area contributed by atoms with Gasteiger partial charge in [0.25, 0.3) is 5.91 Å². The number of carbonyl (C=O) groups excluding carboxylic acids is 3. The summed E-state index contributed by atoms with van der Waals surface area (Å²) in [5, 5.41) is 3.31. The maximum atomic E-state index is 12.6. The van der Waals surface area contributed by atoms with Crippen LogP contribution in [0.3, 0.4) is 0 Å². The minimum Gasteiger partial charge on any atom is -0.452 e. The molecule has 3 atom stereocenters. The maximum Gasteiger partial charge on any atom is 0.316 e. The van der Waals surface area contributed by atoms with Gasteiger partial charge in [0.1, 0.15) is 0 Å². The smallest absolute Gasteiger partial charge is 0.316 e. The van der Waals surface area contributed by atoms with Crippen molar-refractivity contribution in [3.63, 3.8) is 0 Å². The first-order valence-corrected chi connectivity index (χ1v) is 11.0. The lowest BCUT2D eigenvalue weighted by molar-refractivity contribution is -0.160. The Morgan fingerprint density at radius 2 is 1.79 bits per heavy atom. The molecule has 1 fully saturated rings. The van der Waals surface area contributed by atoms with Crippen LogP contribution in [-0.4, -0.2) is 52.4 Å². The van der Waals surface area contributed by atoms with Crippen molar-refractivity contribution in [2.45, 2.75) is 58.2 Å². The second kappa shape index (κ2) is 10.7. The number of hydrogen-bond donors (Lipinski definition) is 1. The average Bonchev–Trinajstić information content (AvgIpc) is 2.63. The molecule has 0 bridgehead atoms. The molecule has 1 N–H and O–H groups in total. The van der Waals surface area contributed by atoms with E-state index < -0.39 is 12.1 Å². The molecule has 154 valence electrons. The lowest BCUT2D eigenvalue weighted by atomic mass is 9.97. The molecule has 1 aromatic rings. The van der Waals surface area contributed by atoms with Gasteiger partial charge in [-0.05, 0) is 64.3 Å². The Labute approximate surface area is 175 Å². The molecule has 0 radical (unpaired) electrons. The van der Waals surface area contributed by atoms with Gasteiger partial charge in [-0.3, -0.25) is 14.4 Å². The van der Waals surface area contributed by atoms with E-state index in [2.05, 4.69) is 5.32 Å². The summed E-state index contributed by atoms with van der Waals surface area (Å²) >= 11 is 6.95. The Morgan fingerprint density at radius 3 is 2.39 bits per heavy atom. The maximum absolute atomic E-state index is 12.6. The van der Waals surface area contributed by atoms with E-state index in [1.165, 1.54) is 0 Å². The highest BCUT2D eigenvalue weighted by Gasteiger charge is 2.33. The van der Waals surface area contributed by atoms with Crippen LogP contribution in [0.2, 0.25) is 5.02 Å². The standard InChI is InChI=1S/C20H27ClN2O4S/c1-13-5-4-6-14(2)23(13)20(26)15(3)27-19(25)12-28-11-18(24)22-17-9-7-16(21)8-10-17/h7-10,13-15H,4-6,11-12H2,1-3H3,(H,22,24). The van der Waals surface area contributed by atoms with E-state index in [9.17, 15) is 14.4 Å². The first-order chi connectivity index (χ1) is 13.3. The number of nitrogens with one attached hydrogen (secondary N) is 1. The van der Waals surface area contributed by atoms with Crippen LogP contribution in [0.5, 0.6) is 0 Å². The fraction of sp³-hybridized carbons (Fsp3) is 0.550. The van der Waals surface area contributed by atoms with Crippen molar-refractivity contribution >= 4 is 46.8 Å². The minimum atomic E-state index is -0.820. The number of hydrogen-bond acceptors (Lipinski definition) is 5. The number of carbonyl (C=O) groups is 3.